The fourth-order valence-corrected chi connectivity index (χ4v) is 3.79. The maximum absolute atomic E-state index is 13.5. The number of likely N-dealkylation sites (tertiary alicyclic amines) is 1. The summed E-state index contributed by atoms with van der Waals surface area (Å²) < 4.78 is 21.4. The Hall–Kier alpha value is -2.71. The third-order valence-electron chi connectivity index (χ3n) is 5.20. The quantitative estimate of drug-likeness (QED) is 0.795. The van der Waals surface area contributed by atoms with Gasteiger partial charge in [-0.15, -0.1) is 0 Å². The second kappa shape index (κ2) is 7.13. The van der Waals surface area contributed by atoms with Crippen LogP contribution in [0.1, 0.15) is 36.7 Å². The molecule has 0 aliphatic carbocycles. The van der Waals surface area contributed by atoms with Crippen molar-refractivity contribution in [3.8, 4) is 5.88 Å². The van der Waals surface area contributed by atoms with Gasteiger partial charge in [-0.05, 0) is 24.8 Å². The average molecular weight is 375 g/mol. The number of aryl methyl sites for hydroxylation is 1. The lowest BCUT2D eigenvalue weighted by Crippen LogP contribution is -2.41. The highest BCUT2D eigenvalue weighted by Gasteiger charge is 2.36. The summed E-state index contributed by atoms with van der Waals surface area (Å²) in [6.45, 7) is 0.796. The third kappa shape index (κ3) is 3.33. The van der Waals surface area contributed by atoms with Gasteiger partial charge in [0.15, 0.2) is 0 Å². The zero-order chi connectivity index (χ0) is 19.0. The van der Waals surface area contributed by atoms with E-state index in [9.17, 15) is 14.0 Å². The highest BCUT2D eigenvalue weighted by atomic mass is 19.1. The van der Waals surface area contributed by atoms with E-state index in [1.807, 2.05) is 6.07 Å². The number of methoxy groups -OCH3 is 1. The molecule has 0 saturated carbocycles. The van der Waals surface area contributed by atoms with Crippen molar-refractivity contribution >= 4 is 5.91 Å². The molecule has 0 spiro atoms. The zero-order valence-electron chi connectivity index (χ0n) is 15.2. The standard InChI is InChI=1S/C18H22FN5O3/c1-27-16-6-5-12(9-20-16)10-23-18(26)24-14(3-2-4-15(24)21-23)17(25)22-8-7-13(19)11-22/h5-6,9,13-14H,2-4,7-8,10-11H2,1H3/t13-,14-/m0/s1. The maximum atomic E-state index is 13.5. The summed E-state index contributed by atoms with van der Waals surface area (Å²) in [5.74, 6) is 0.934. The SMILES string of the molecule is COc1ccc(Cn2nc3n(c2=O)[C@H](C(=O)N2CC[C@H](F)C2)CCC3)cn1. The molecule has 0 bridgehead atoms. The lowest BCUT2D eigenvalue weighted by molar-refractivity contribution is -0.134. The van der Waals surface area contributed by atoms with Crippen LogP contribution in [0.15, 0.2) is 23.1 Å². The summed E-state index contributed by atoms with van der Waals surface area (Å²) in [4.78, 5) is 31.4. The molecule has 0 unspecified atom stereocenters. The van der Waals surface area contributed by atoms with Gasteiger partial charge in [-0.3, -0.25) is 9.36 Å². The number of pyridine rings is 1. The number of hydrogen-bond donors (Lipinski definition) is 0. The van der Waals surface area contributed by atoms with Gasteiger partial charge in [-0.1, -0.05) is 6.07 Å². The molecule has 2 aliphatic rings. The van der Waals surface area contributed by atoms with Crippen molar-refractivity contribution in [1.29, 1.82) is 0 Å². The number of halogens is 1. The predicted molar refractivity (Wildman–Crippen MR) is 94.4 cm³/mol. The fraction of sp³-hybridized carbons (Fsp3) is 0.556. The number of carbonyl (C=O) groups excluding carboxylic acids is 1. The van der Waals surface area contributed by atoms with Crippen LogP contribution in [-0.2, 0) is 17.8 Å². The Balaban J connectivity index is 1.59. The number of alkyl halides is 1. The van der Waals surface area contributed by atoms with Crippen LogP contribution >= 0.6 is 0 Å². The van der Waals surface area contributed by atoms with Gasteiger partial charge in [-0.25, -0.2) is 18.9 Å². The first-order valence-electron chi connectivity index (χ1n) is 9.17. The molecule has 8 nitrogen and oxygen atoms in total. The van der Waals surface area contributed by atoms with Crippen LogP contribution in [0.5, 0.6) is 5.88 Å². The van der Waals surface area contributed by atoms with Gasteiger partial charge in [0, 0.05) is 25.2 Å². The summed E-state index contributed by atoms with van der Waals surface area (Å²) >= 11 is 0. The molecule has 2 atom stereocenters. The Kier molecular flexibility index (Phi) is 4.67. The van der Waals surface area contributed by atoms with Gasteiger partial charge < -0.3 is 9.64 Å². The Morgan fingerprint density at radius 2 is 2.22 bits per heavy atom. The van der Waals surface area contributed by atoms with Crippen LogP contribution in [0.3, 0.4) is 0 Å². The van der Waals surface area contributed by atoms with Crippen molar-refractivity contribution in [2.75, 3.05) is 20.2 Å². The van der Waals surface area contributed by atoms with E-state index in [1.165, 1.54) is 14.1 Å². The summed E-state index contributed by atoms with van der Waals surface area (Å²) in [6.07, 6.45) is 3.04. The van der Waals surface area contributed by atoms with Crippen LogP contribution in [0, 0.1) is 0 Å². The molecule has 2 aliphatic heterocycles. The molecule has 0 N–H and O–H groups in total. The topological polar surface area (TPSA) is 82.2 Å². The Morgan fingerprint density at radius 3 is 2.89 bits per heavy atom. The van der Waals surface area contributed by atoms with Crippen molar-refractivity contribution < 1.29 is 13.9 Å². The molecule has 1 fully saturated rings. The minimum Gasteiger partial charge on any atom is -0.481 e. The normalized spacial score (nSPS) is 21.9. The van der Waals surface area contributed by atoms with Gasteiger partial charge in [-0.2, -0.15) is 5.10 Å². The van der Waals surface area contributed by atoms with E-state index >= 15 is 0 Å². The zero-order valence-corrected chi connectivity index (χ0v) is 15.2. The summed E-state index contributed by atoms with van der Waals surface area (Å²) in [5, 5.41) is 4.43. The number of nitrogens with zero attached hydrogens (tertiary/aromatic N) is 5. The molecule has 1 amide bonds. The summed E-state index contributed by atoms with van der Waals surface area (Å²) in [6, 6.07) is 2.96. The van der Waals surface area contributed by atoms with Crippen LogP contribution < -0.4 is 10.4 Å². The largest absolute Gasteiger partial charge is 0.481 e. The molecule has 9 heteroatoms. The van der Waals surface area contributed by atoms with Gasteiger partial charge in [0.05, 0.1) is 20.2 Å². The van der Waals surface area contributed by atoms with E-state index in [-0.39, 0.29) is 24.7 Å². The fourth-order valence-electron chi connectivity index (χ4n) is 3.79. The van der Waals surface area contributed by atoms with Crippen LogP contribution in [0.2, 0.25) is 0 Å². The number of amides is 1. The first-order valence-corrected chi connectivity index (χ1v) is 9.17. The molecule has 144 valence electrons. The maximum Gasteiger partial charge on any atom is 0.346 e. The molecule has 4 rings (SSSR count). The average Bonchev–Trinajstić information content (AvgIpc) is 3.25. The van der Waals surface area contributed by atoms with Gasteiger partial charge in [0.2, 0.25) is 11.8 Å². The van der Waals surface area contributed by atoms with Crippen LogP contribution in [-0.4, -0.2) is 56.5 Å². The Bertz CT molecular complexity index is 891. The van der Waals surface area contributed by atoms with Crippen molar-refractivity contribution in [3.05, 3.63) is 40.2 Å². The first kappa shape index (κ1) is 17.7. The Labute approximate surface area is 155 Å². The van der Waals surface area contributed by atoms with Crippen molar-refractivity contribution in [1.82, 2.24) is 24.2 Å². The second-order valence-electron chi connectivity index (χ2n) is 7.01. The van der Waals surface area contributed by atoms with Crippen LogP contribution in [0.4, 0.5) is 4.39 Å². The molecular formula is C18H22FN5O3. The second-order valence-corrected chi connectivity index (χ2v) is 7.01. The van der Waals surface area contributed by atoms with Crippen molar-refractivity contribution in [2.24, 2.45) is 0 Å². The Morgan fingerprint density at radius 1 is 1.37 bits per heavy atom. The van der Waals surface area contributed by atoms with Gasteiger partial charge >= 0.3 is 5.69 Å². The van der Waals surface area contributed by atoms with E-state index < -0.39 is 12.2 Å². The molecule has 4 heterocycles. The smallest absolute Gasteiger partial charge is 0.346 e. The number of rotatable bonds is 4. The third-order valence-corrected chi connectivity index (χ3v) is 5.20. The number of carbonyl (C=O) groups is 1. The molecule has 2 aromatic heterocycles. The number of hydrogen-bond acceptors (Lipinski definition) is 5. The van der Waals surface area contributed by atoms with Crippen molar-refractivity contribution in [2.45, 2.75) is 44.4 Å². The minimum absolute atomic E-state index is 0.116. The first-order chi connectivity index (χ1) is 13.1. The highest BCUT2D eigenvalue weighted by Crippen LogP contribution is 2.26. The molecule has 27 heavy (non-hydrogen) atoms. The molecule has 1 saturated heterocycles. The molecular weight excluding hydrogens is 353 g/mol. The lowest BCUT2D eigenvalue weighted by Gasteiger charge is -2.26. The van der Waals surface area contributed by atoms with Crippen LogP contribution in [0.25, 0.3) is 0 Å². The highest BCUT2D eigenvalue weighted by molar-refractivity contribution is 5.81. The summed E-state index contributed by atoms with van der Waals surface area (Å²) in [5.41, 5.74) is 0.505. The summed E-state index contributed by atoms with van der Waals surface area (Å²) in [7, 11) is 1.54. The molecule has 0 radical (unpaired) electrons. The van der Waals surface area contributed by atoms with Gasteiger partial charge in [0.1, 0.15) is 18.0 Å². The monoisotopic (exact) mass is 375 g/mol. The number of aromatic nitrogens is 4. The van der Waals surface area contributed by atoms with E-state index in [2.05, 4.69) is 10.1 Å². The van der Waals surface area contributed by atoms with Crippen molar-refractivity contribution in [3.63, 3.8) is 0 Å². The van der Waals surface area contributed by atoms with E-state index in [1.54, 1.807) is 19.4 Å². The van der Waals surface area contributed by atoms with Gasteiger partial charge in [0.25, 0.3) is 0 Å². The number of fused-ring (bicyclic) bond motifs is 1. The van der Waals surface area contributed by atoms with E-state index in [4.69, 9.17) is 4.74 Å². The minimum atomic E-state index is -0.973. The van der Waals surface area contributed by atoms with E-state index in [0.29, 0.717) is 37.5 Å². The predicted octanol–water partition coefficient (Wildman–Crippen LogP) is 0.944. The molecule has 2 aromatic rings. The molecule has 0 aromatic carbocycles. The number of ether oxygens (including phenoxy) is 1. The van der Waals surface area contributed by atoms with E-state index in [0.717, 1.165) is 12.0 Å². The lowest BCUT2D eigenvalue weighted by atomic mass is 10.0.